The second-order valence-corrected chi connectivity index (χ2v) is 5.82. The number of nitrogens with two attached hydrogens (primary N) is 1. The lowest BCUT2D eigenvalue weighted by Crippen LogP contribution is -2.45. The molecular weight excluding hydrogens is 246 g/mol. The van der Waals surface area contributed by atoms with Gasteiger partial charge >= 0.3 is 6.09 Å². The van der Waals surface area contributed by atoms with Crippen LogP contribution in [0.5, 0.6) is 0 Å². The lowest BCUT2D eigenvalue weighted by molar-refractivity contribution is -0.126. The van der Waals surface area contributed by atoms with E-state index in [9.17, 15) is 9.59 Å². The van der Waals surface area contributed by atoms with Crippen molar-refractivity contribution in [2.75, 3.05) is 26.2 Å². The van der Waals surface area contributed by atoms with E-state index in [1.807, 2.05) is 20.8 Å². The summed E-state index contributed by atoms with van der Waals surface area (Å²) in [6.07, 6.45) is 1.05. The van der Waals surface area contributed by atoms with Crippen LogP contribution in [0.25, 0.3) is 0 Å². The van der Waals surface area contributed by atoms with E-state index in [2.05, 4.69) is 5.32 Å². The summed E-state index contributed by atoms with van der Waals surface area (Å²) in [4.78, 5) is 25.3. The molecule has 0 unspecified atom stereocenters. The predicted molar refractivity (Wildman–Crippen MR) is 72.6 cm³/mol. The van der Waals surface area contributed by atoms with Crippen LogP contribution in [0.1, 0.15) is 33.6 Å². The SMILES string of the molecule is CC(C)(C)OC(=O)N1CCC(C(=O)NCCN)CC1. The largest absolute Gasteiger partial charge is 0.444 e. The first kappa shape index (κ1) is 15.8. The van der Waals surface area contributed by atoms with Gasteiger partial charge in [-0.25, -0.2) is 4.79 Å². The lowest BCUT2D eigenvalue weighted by Gasteiger charge is -2.32. The smallest absolute Gasteiger partial charge is 0.410 e. The maximum Gasteiger partial charge on any atom is 0.410 e. The molecule has 0 aromatic heterocycles. The minimum atomic E-state index is -0.480. The second kappa shape index (κ2) is 6.75. The Kier molecular flexibility index (Phi) is 5.60. The van der Waals surface area contributed by atoms with Crippen molar-refractivity contribution in [1.82, 2.24) is 10.2 Å². The Morgan fingerprint density at radius 3 is 2.37 bits per heavy atom. The normalized spacial score (nSPS) is 17.2. The van der Waals surface area contributed by atoms with Crippen LogP contribution in [0.4, 0.5) is 4.79 Å². The number of hydrogen-bond donors (Lipinski definition) is 2. The molecule has 0 spiro atoms. The van der Waals surface area contributed by atoms with Crippen LogP contribution in [0, 0.1) is 5.92 Å². The Labute approximate surface area is 114 Å². The molecule has 6 heteroatoms. The maximum absolute atomic E-state index is 11.8. The van der Waals surface area contributed by atoms with Crippen LogP contribution < -0.4 is 11.1 Å². The molecule has 0 radical (unpaired) electrons. The van der Waals surface area contributed by atoms with Gasteiger partial charge in [0.05, 0.1) is 0 Å². The van der Waals surface area contributed by atoms with Gasteiger partial charge in [-0.1, -0.05) is 0 Å². The highest BCUT2D eigenvalue weighted by Crippen LogP contribution is 2.19. The minimum Gasteiger partial charge on any atom is -0.444 e. The highest BCUT2D eigenvalue weighted by atomic mass is 16.6. The van der Waals surface area contributed by atoms with Crippen molar-refractivity contribution in [3.63, 3.8) is 0 Å². The predicted octanol–water partition coefficient (Wildman–Crippen LogP) is 0.708. The first-order valence-electron chi connectivity index (χ1n) is 6.79. The monoisotopic (exact) mass is 271 g/mol. The summed E-state index contributed by atoms with van der Waals surface area (Å²) in [5.41, 5.74) is 4.86. The Balaban J connectivity index is 2.36. The third-order valence-corrected chi connectivity index (χ3v) is 2.96. The molecule has 19 heavy (non-hydrogen) atoms. The molecule has 1 aliphatic heterocycles. The van der Waals surface area contributed by atoms with Gasteiger partial charge in [0.25, 0.3) is 0 Å². The summed E-state index contributed by atoms with van der Waals surface area (Å²) in [6.45, 7) is 7.62. The van der Waals surface area contributed by atoms with E-state index < -0.39 is 5.60 Å². The molecule has 1 aliphatic rings. The average Bonchev–Trinajstić information content (AvgIpc) is 2.34. The summed E-state index contributed by atoms with van der Waals surface area (Å²) >= 11 is 0. The highest BCUT2D eigenvalue weighted by Gasteiger charge is 2.29. The van der Waals surface area contributed by atoms with Gasteiger partial charge in [-0.2, -0.15) is 0 Å². The van der Waals surface area contributed by atoms with Crippen molar-refractivity contribution in [2.24, 2.45) is 11.7 Å². The van der Waals surface area contributed by atoms with E-state index in [1.54, 1.807) is 4.90 Å². The fourth-order valence-corrected chi connectivity index (χ4v) is 1.99. The van der Waals surface area contributed by atoms with E-state index in [-0.39, 0.29) is 17.9 Å². The first-order valence-corrected chi connectivity index (χ1v) is 6.79. The van der Waals surface area contributed by atoms with Crippen LogP contribution in [-0.2, 0) is 9.53 Å². The molecule has 0 bridgehead atoms. The molecule has 1 fully saturated rings. The van der Waals surface area contributed by atoms with Crippen LogP contribution in [0.3, 0.4) is 0 Å². The number of carbonyl (C=O) groups excluding carboxylic acids is 2. The van der Waals surface area contributed by atoms with E-state index >= 15 is 0 Å². The van der Waals surface area contributed by atoms with E-state index in [1.165, 1.54) is 0 Å². The Morgan fingerprint density at radius 1 is 1.32 bits per heavy atom. The van der Waals surface area contributed by atoms with Crippen LogP contribution in [0.15, 0.2) is 0 Å². The quantitative estimate of drug-likeness (QED) is 0.791. The number of nitrogens with zero attached hydrogens (tertiary/aromatic N) is 1. The Bertz CT molecular complexity index is 318. The van der Waals surface area contributed by atoms with E-state index in [4.69, 9.17) is 10.5 Å². The number of nitrogens with one attached hydrogen (secondary N) is 1. The number of likely N-dealkylation sites (tertiary alicyclic amines) is 1. The van der Waals surface area contributed by atoms with Gasteiger partial charge in [0, 0.05) is 32.1 Å². The molecule has 0 aromatic rings. The van der Waals surface area contributed by atoms with Crippen molar-refractivity contribution < 1.29 is 14.3 Å². The molecule has 1 rings (SSSR count). The zero-order chi connectivity index (χ0) is 14.5. The van der Waals surface area contributed by atoms with E-state index in [0.717, 1.165) is 0 Å². The fourth-order valence-electron chi connectivity index (χ4n) is 1.99. The average molecular weight is 271 g/mol. The number of carbonyl (C=O) groups is 2. The summed E-state index contributed by atoms with van der Waals surface area (Å²) in [6, 6.07) is 0. The molecular formula is C13H25N3O3. The molecule has 6 nitrogen and oxygen atoms in total. The van der Waals surface area contributed by atoms with Crippen molar-refractivity contribution >= 4 is 12.0 Å². The lowest BCUT2D eigenvalue weighted by atomic mass is 9.96. The highest BCUT2D eigenvalue weighted by molar-refractivity contribution is 5.79. The summed E-state index contributed by atoms with van der Waals surface area (Å²) in [5.74, 6) is 0.0134. The minimum absolute atomic E-state index is 0.0229. The molecule has 0 saturated carbocycles. The Hall–Kier alpha value is -1.30. The third kappa shape index (κ3) is 5.46. The number of ether oxygens (including phenoxy) is 1. The maximum atomic E-state index is 11.8. The number of piperidine rings is 1. The van der Waals surface area contributed by atoms with Crippen LogP contribution in [-0.4, -0.2) is 48.7 Å². The molecule has 3 N–H and O–H groups in total. The first-order chi connectivity index (χ1) is 8.83. The van der Waals surface area contributed by atoms with Crippen LogP contribution >= 0.6 is 0 Å². The summed E-state index contributed by atoms with van der Waals surface area (Å²) in [7, 11) is 0. The number of rotatable bonds is 3. The summed E-state index contributed by atoms with van der Waals surface area (Å²) < 4.78 is 5.31. The zero-order valence-corrected chi connectivity index (χ0v) is 12.1. The van der Waals surface area contributed by atoms with Gasteiger partial charge in [-0.05, 0) is 33.6 Å². The number of hydrogen-bond acceptors (Lipinski definition) is 4. The fraction of sp³-hybridized carbons (Fsp3) is 0.846. The molecule has 2 amide bonds. The van der Waals surface area contributed by atoms with Crippen molar-refractivity contribution in [2.45, 2.75) is 39.2 Å². The van der Waals surface area contributed by atoms with Gasteiger partial charge < -0.3 is 20.7 Å². The standard InChI is InChI=1S/C13H25N3O3/c1-13(2,3)19-12(18)16-8-4-10(5-9-16)11(17)15-7-6-14/h10H,4-9,14H2,1-3H3,(H,15,17). The van der Waals surface area contributed by atoms with Crippen molar-refractivity contribution in [3.8, 4) is 0 Å². The molecule has 110 valence electrons. The van der Waals surface area contributed by atoms with Crippen molar-refractivity contribution in [3.05, 3.63) is 0 Å². The van der Waals surface area contributed by atoms with Crippen LogP contribution in [0.2, 0.25) is 0 Å². The molecule has 0 aromatic carbocycles. The molecule has 0 aliphatic carbocycles. The number of amides is 2. The third-order valence-electron chi connectivity index (χ3n) is 2.96. The summed E-state index contributed by atoms with van der Waals surface area (Å²) in [5, 5.41) is 2.79. The van der Waals surface area contributed by atoms with Gasteiger partial charge in [0.15, 0.2) is 0 Å². The van der Waals surface area contributed by atoms with Gasteiger partial charge in [0.1, 0.15) is 5.60 Å². The van der Waals surface area contributed by atoms with E-state index in [0.29, 0.717) is 39.0 Å². The topological polar surface area (TPSA) is 84.7 Å². The molecule has 1 saturated heterocycles. The Morgan fingerprint density at radius 2 is 1.89 bits per heavy atom. The van der Waals surface area contributed by atoms with Gasteiger partial charge in [0.2, 0.25) is 5.91 Å². The molecule has 1 heterocycles. The van der Waals surface area contributed by atoms with Crippen molar-refractivity contribution in [1.29, 1.82) is 0 Å². The van der Waals surface area contributed by atoms with Gasteiger partial charge in [-0.3, -0.25) is 4.79 Å². The second-order valence-electron chi connectivity index (χ2n) is 5.82. The zero-order valence-electron chi connectivity index (χ0n) is 12.1. The molecule has 0 atom stereocenters. The van der Waals surface area contributed by atoms with Gasteiger partial charge in [-0.15, -0.1) is 0 Å².